The maximum Gasteiger partial charge on any atom is 0.185 e. The van der Waals surface area contributed by atoms with Crippen molar-refractivity contribution in [1.82, 2.24) is 0 Å². The third-order valence-electron chi connectivity index (χ3n) is 2.57. The Morgan fingerprint density at radius 1 is 1.00 bits per heavy atom. The summed E-state index contributed by atoms with van der Waals surface area (Å²) in [5.74, 6) is -1.85. The first-order chi connectivity index (χ1) is 8.99. The number of carbonyl (C=O) groups is 1. The maximum absolute atomic E-state index is 13.0. The van der Waals surface area contributed by atoms with Crippen LogP contribution < -0.4 is 0 Å². The second-order valence-corrected chi connectivity index (χ2v) is 6.00. The zero-order valence-electron chi connectivity index (χ0n) is 9.91. The largest absolute Gasteiger partial charge is 0.293 e. The normalized spacial score (nSPS) is 11.2. The molecule has 98 valence electrons. The predicted octanol–water partition coefficient (Wildman–Crippen LogP) is 2.48. The SMILES string of the molecule is O=C(CS(=O)(=O)c1ccccc1)c1cccc(F)c1. The Bertz CT molecular complexity index is 694. The summed E-state index contributed by atoms with van der Waals surface area (Å²) < 4.78 is 37.0. The van der Waals surface area contributed by atoms with Crippen LogP contribution in [0.25, 0.3) is 0 Å². The van der Waals surface area contributed by atoms with Crippen molar-refractivity contribution in [3.05, 3.63) is 66.0 Å². The summed E-state index contributed by atoms with van der Waals surface area (Å²) in [4.78, 5) is 11.9. The highest BCUT2D eigenvalue weighted by Crippen LogP contribution is 2.13. The number of rotatable bonds is 4. The van der Waals surface area contributed by atoms with E-state index < -0.39 is 27.2 Å². The Morgan fingerprint density at radius 3 is 2.32 bits per heavy atom. The zero-order valence-corrected chi connectivity index (χ0v) is 10.7. The Balaban J connectivity index is 2.24. The zero-order chi connectivity index (χ0) is 13.9. The fraction of sp³-hybridized carbons (Fsp3) is 0.0714. The highest BCUT2D eigenvalue weighted by molar-refractivity contribution is 7.92. The van der Waals surface area contributed by atoms with Crippen molar-refractivity contribution in [2.24, 2.45) is 0 Å². The van der Waals surface area contributed by atoms with E-state index in [-0.39, 0.29) is 10.5 Å². The monoisotopic (exact) mass is 278 g/mol. The van der Waals surface area contributed by atoms with E-state index in [1.165, 1.54) is 30.3 Å². The minimum Gasteiger partial charge on any atom is -0.293 e. The fourth-order valence-electron chi connectivity index (χ4n) is 1.63. The summed E-state index contributed by atoms with van der Waals surface area (Å²) in [5, 5.41) is 0. The van der Waals surface area contributed by atoms with Crippen LogP contribution in [-0.4, -0.2) is 20.0 Å². The van der Waals surface area contributed by atoms with E-state index in [9.17, 15) is 17.6 Å². The van der Waals surface area contributed by atoms with Crippen LogP contribution in [-0.2, 0) is 9.84 Å². The fourth-order valence-corrected chi connectivity index (χ4v) is 2.88. The van der Waals surface area contributed by atoms with Crippen LogP contribution in [0.4, 0.5) is 4.39 Å². The summed E-state index contributed by atoms with van der Waals surface area (Å²) in [5.41, 5.74) is 0.0551. The average molecular weight is 278 g/mol. The van der Waals surface area contributed by atoms with Crippen molar-refractivity contribution in [1.29, 1.82) is 0 Å². The molecule has 0 amide bonds. The predicted molar refractivity (Wildman–Crippen MR) is 69.2 cm³/mol. The van der Waals surface area contributed by atoms with Gasteiger partial charge in [0.2, 0.25) is 0 Å². The van der Waals surface area contributed by atoms with Crippen molar-refractivity contribution >= 4 is 15.6 Å². The number of halogens is 1. The molecule has 0 spiro atoms. The molecule has 19 heavy (non-hydrogen) atoms. The molecule has 0 saturated heterocycles. The van der Waals surface area contributed by atoms with Gasteiger partial charge >= 0.3 is 0 Å². The molecule has 0 atom stereocenters. The molecule has 2 aromatic rings. The topological polar surface area (TPSA) is 51.2 Å². The van der Waals surface area contributed by atoms with Gasteiger partial charge in [-0.1, -0.05) is 30.3 Å². The van der Waals surface area contributed by atoms with E-state index in [1.807, 2.05) is 0 Å². The maximum atomic E-state index is 13.0. The van der Waals surface area contributed by atoms with Gasteiger partial charge in [0, 0.05) is 5.56 Å². The van der Waals surface area contributed by atoms with E-state index >= 15 is 0 Å². The van der Waals surface area contributed by atoms with Crippen molar-refractivity contribution < 1.29 is 17.6 Å². The minimum atomic E-state index is -3.69. The van der Waals surface area contributed by atoms with Gasteiger partial charge in [0.25, 0.3) is 0 Å². The standard InChI is InChI=1S/C14H11FO3S/c15-12-6-4-5-11(9-12)14(16)10-19(17,18)13-7-2-1-3-8-13/h1-9H,10H2. The first-order valence-electron chi connectivity index (χ1n) is 5.55. The van der Waals surface area contributed by atoms with Gasteiger partial charge in [0.1, 0.15) is 11.6 Å². The molecule has 2 aromatic carbocycles. The molecule has 0 saturated carbocycles. The third kappa shape index (κ3) is 3.26. The van der Waals surface area contributed by atoms with E-state index in [4.69, 9.17) is 0 Å². The number of Topliss-reactive ketones (excluding diaryl/α,β-unsaturated/α-hetero) is 1. The molecule has 0 radical (unpaired) electrons. The van der Waals surface area contributed by atoms with Gasteiger partial charge in [-0.05, 0) is 24.3 Å². The lowest BCUT2D eigenvalue weighted by molar-refractivity contribution is 0.102. The molecule has 0 aliphatic carbocycles. The van der Waals surface area contributed by atoms with Crippen LogP contribution in [0.15, 0.2) is 59.5 Å². The van der Waals surface area contributed by atoms with E-state index in [1.54, 1.807) is 18.2 Å². The Morgan fingerprint density at radius 2 is 1.68 bits per heavy atom. The number of carbonyl (C=O) groups excluding carboxylic acids is 1. The van der Waals surface area contributed by atoms with Gasteiger partial charge in [-0.25, -0.2) is 12.8 Å². The molecule has 2 rings (SSSR count). The molecule has 5 heteroatoms. The number of hydrogen-bond acceptors (Lipinski definition) is 3. The molecule has 0 N–H and O–H groups in total. The van der Waals surface area contributed by atoms with Gasteiger partial charge < -0.3 is 0 Å². The summed E-state index contributed by atoms with van der Waals surface area (Å²) in [7, 11) is -3.69. The summed E-state index contributed by atoms with van der Waals surface area (Å²) >= 11 is 0. The number of benzene rings is 2. The van der Waals surface area contributed by atoms with Gasteiger partial charge in [0.05, 0.1) is 4.90 Å². The van der Waals surface area contributed by atoms with Crippen molar-refractivity contribution in [2.75, 3.05) is 5.75 Å². The third-order valence-corrected chi connectivity index (χ3v) is 4.20. The summed E-state index contributed by atoms with van der Waals surface area (Å²) in [6, 6.07) is 12.7. The van der Waals surface area contributed by atoms with E-state index in [0.29, 0.717) is 0 Å². The first kappa shape index (κ1) is 13.4. The van der Waals surface area contributed by atoms with Crippen molar-refractivity contribution in [2.45, 2.75) is 4.90 Å². The van der Waals surface area contributed by atoms with Crippen LogP contribution in [0.1, 0.15) is 10.4 Å². The van der Waals surface area contributed by atoms with Crippen LogP contribution >= 0.6 is 0 Å². The summed E-state index contributed by atoms with van der Waals surface area (Å²) in [6.45, 7) is 0. The van der Waals surface area contributed by atoms with Crippen LogP contribution in [0.5, 0.6) is 0 Å². The molecule has 0 bridgehead atoms. The second-order valence-electron chi connectivity index (χ2n) is 4.01. The molecule has 0 aromatic heterocycles. The Kier molecular flexibility index (Phi) is 3.76. The molecule has 3 nitrogen and oxygen atoms in total. The van der Waals surface area contributed by atoms with Gasteiger partial charge in [-0.2, -0.15) is 0 Å². The van der Waals surface area contributed by atoms with Gasteiger partial charge in [0.15, 0.2) is 15.6 Å². The molecular formula is C14H11FO3S. The average Bonchev–Trinajstić information content (AvgIpc) is 2.39. The van der Waals surface area contributed by atoms with Crippen LogP contribution in [0.3, 0.4) is 0 Å². The summed E-state index contributed by atoms with van der Waals surface area (Å²) in [6.07, 6.45) is 0. The Labute approximate surface area is 110 Å². The van der Waals surface area contributed by atoms with Crippen molar-refractivity contribution in [3.63, 3.8) is 0 Å². The highest BCUT2D eigenvalue weighted by Gasteiger charge is 2.20. The molecule has 0 aliphatic rings. The lowest BCUT2D eigenvalue weighted by Crippen LogP contribution is -2.16. The first-order valence-corrected chi connectivity index (χ1v) is 7.21. The number of sulfone groups is 1. The Hall–Kier alpha value is -2.01. The number of hydrogen-bond donors (Lipinski definition) is 0. The molecular weight excluding hydrogens is 267 g/mol. The molecule has 0 aliphatic heterocycles. The molecule has 0 heterocycles. The van der Waals surface area contributed by atoms with Crippen molar-refractivity contribution in [3.8, 4) is 0 Å². The molecule has 0 fully saturated rings. The van der Waals surface area contributed by atoms with E-state index in [0.717, 1.165) is 6.07 Å². The quantitative estimate of drug-likeness (QED) is 0.807. The second kappa shape index (κ2) is 5.32. The van der Waals surface area contributed by atoms with Crippen LogP contribution in [0.2, 0.25) is 0 Å². The molecule has 0 unspecified atom stereocenters. The smallest absolute Gasteiger partial charge is 0.185 e. The van der Waals surface area contributed by atoms with Crippen LogP contribution in [0, 0.1) is 5.82 Å². The van der Waals surface area contributed by atoms with Gasteiger partial charge in [-0.3, -0.25) is 4.79 Å². The van der Waals surface area contributed by atoms with E-state index in [2.05, 4.69) is 0 Å². The lowest BCUT2D eigenvalue weighted by Gasteiger charge is -2.04. The highest BCUT2D eigenvalue weighted by atomic mass is 32.2. The van der Waals surface area contributed by atoms with Gasteiger partial charge in [-0.15, -0.1) is 0 Å². The lowest BCUT2D eigenvalue weighted by atomic mass is 10.1. The minimum absolute atomic E-state index is 0.0551. The number of ketones is 1.